The molecule has 3 heterocycles. The lowest BCUT2D eigenvalue weighted by Gasteiger charge is -2.32. The molecule has 4 unspecified atom stereocenters. The molecule has 0 bridgehead atoms. The molecule has 1 saturated heterocycles. The number of allylic oxidation sites excluding steroid dienone is 1. The smallest absolute Gasteiger partial charge is 0.321 e. The quantitative estimate of drug-likeness (QED) is 0.186. The second-order valence-electron chi connectivity index (χ2n) is 16.1. The minimum atomic E-state index is -3.91. The van der Waals surface area contributed by atoms with Crippen LogP contribution in [-0.2, 0) is 26.2 Å². The lowest BCUT2D eigenvalue weighted by Crippen LogP contribution is -2.57. The molecule has 16 heteroatoms. The largest absolute Gasteiger partial charge is 0.497 e. The van der Waals surface area contributed by atoms with Crippen molar-refractivity contribution in [2.45, 2.75) is 87.8 Å². The van der Waals surface area contributed by atoms with E-state index in [9.17, 15) is 27.2 Å². The Hall–Kier alpha value is -5.77. The number of aromatic nitrogens is 2. The number of halogens is 1. The Bertz CT molecular complexity index is 2430. The summed E-state index contributed by atoms with van der Waals surface area (Å²) in [5.74, 6) is -0.452. The van der Waals surface area contributed by atoms with Crippen LogP contribution in [0.25, 0.3) is 22.3 Å². The van der Waals surface area contributed by atoms with Gasteiger partial charge in [0.05, 0.1) is 36.9 Å². The van der Waals surface area contributed by atoms with Gasteiger partial charge >= 0.3 is 6.03 Å². The number of sulfonamides is 1. The second-order valence-corrected chi connectivity index (χ2v) is 18.0. The zero-order chi connectivity index (χ0) is 42.2. The number of carbonyl (C=O) groups excluding carboxylic acids is 3. The first kappa shape index (κ1) is 41.0. The van der Waals surface area contributed by atoms with Crippen LogP contribution in [0.15, 0.2) is 72.8 Å². The van der Waals surface area contributed by atoms with E-state index in [1.807, 2.05) is 43.3 Å². The number of carbonyl (C=O) groups is 3. The van der Waals surface area contributed by atoms with Gasteiger partial charge in [-0.2, -0.15) is 4.98 Å². The highest BCUT2D eigenvalue weighted by atomic mass is 32.2. The van der Waals surface area contributed by atoms with Crippen molar-refractivity contribution < 1.29 is 41.4 Å². The summed E-state index contributed by atoms with van der Waals surface area (Å²) < 4.78 is 59.7. The van der Waals surface area contributed by atoms with Crippen molar-refractivity contribution in [3.63, 3.8) is 0 Å². The average molecular weight is 841 g/mol. The second kappa shape index (κ2) is 16.7. The fraction of sp³-hybridized carbons (Fsp3) is 0.432. The highest BCUT2D eigenvalue weighted by Crippen LogP contribution is 2.46. The van der Waals surface area contributed by atoms with Crippen molar-refractivity contribution in [3.05, 3.63) is 89.8 Å². The maximum Gasteiger partial charge on any atom is 0.321 e. The van der Waals surface area contributed by atoms with Gasteiger partial charge in [0.2, 0.25) is 21.8 Å². The van der Waals surface area contributed by atoms with Gasteiger partial charge in [-0.15, -0.1) is 0 Å². The summed E-state index contributed by atoms with van der Waals surface area (Å²) in [6.07, 6.45) is 7.45. The van der Waals surface area contributed by atoms with Crippen LogP contribution in [-0.4, -0.2) is 96.3 Å². The summed E-state index contributed by atoms with van der Waals surface area (Å²) in [5, 5.41) is 2.88. The zero-order valence-corrected chi connectivity index (χ0v) is 34.7. The first-order valence-corrected chi connectivity index (χ1v) is 21.9. The average Bonchev–Trinajstić information content (AvgIpc) is 4.17. The summed E-state index contributed by atoms with van der Waals surface area (Å²) in [7, 11) is -0.756. The van der Waals surface area contributed by atoms with Crippen LogP contribution in [0, 0.1) is 18.7 Å². The maximum atomic E-state index is 14.9. The monoisotopic (exact) mass is 840 g/mol. The molecule has 1 aromatic heterocycles. The van der Waals surface area contributed by atoms with Crippen LogP contribution in [0.5, 0.6) is 17.4 Å². The van der Waals surface area contributed by atoms with E-state index >= 15 is 0 Å². The highest BCUT2D eigenvalue weighted by Gasteiger charge is 2.62. The van der Waals surface area contributed by atoms with Gasteiger partial charge in [-0.1, -0.05) is 30.7 Å². The minimum Gasteiger partial charge on any atom is -0.497 e. The number of methoxy groups -OCH3 is 2. The summed E-state index contributed by atoms with van der Waals surface area (Å²) in [6.45, 7) is 2.56. The Kier molecular flexibility index (Phi) is 11.4. The molecule has 0 spiro atoms. The molecule has 4 atom stereocenters. The van der Waals surface area contributed by atoms with Crippen LogP contribution >= 0.6 is 0 Å². The van der Waals surface area contributed by atoms with Crippen molar-refractivity contribution >= 4 is 38.8 Å². The number of nitrogens with one attached hydrogen (secondary N) is 2. The normalized spacial score (nSPS) is 23.5. The molecule has 4 aromatic rings. The van der Waals surface area contributed by atoms with Crippen LogP contribution in [0.1, 0.15) is 62.5 Å². The third kappa shape index (κ3) is 8.47. The van der Waals surface area contributed by atoms with Gasteiger partial charge in [-0.3, -0.25) is 14.3 Å². The molecule has 4 amide bonds. The number of amides is 4. The Morgan fingerprint density at radius 3 is 2.47 bits per heavy atom. The number of hydrogen-bond donors (Lipinski definition) is 2. The van der Waals surface area contributed by atoms with Crippen LogP contribution < -0.4 is 24.2 Å². The molecule has 3 fully saturated rings. The van der Waals surface area contributed by atoms with E-state index < -0.39 is 56.5 Å². The Labute approximate surface area is 348 Å². The summed E-state index contributed by atoms with van der Waals surface area (Å²) >= 11 is 0. The number of aryl methyl sites for hydroxylation is 1. The van der Waals surface area contributed by atoms with Crippen LogP contribution in [0.3, 0.4) is 0 Å². The molecule has 316 valence electrons. The van der Waals surface area contributed by atoms with Gasteiger partial charge in [-0.05, 0) is 99.5 Å². The van der Waals surface area contributed by atoms with E-state index in [2.05, 4.69) is 10.0 Å². The number of urea groups is 1. The number of benzene rings is 3. The molecule has 2 saturated carbocycles. The topological polar surface area (TPSA) is 169 Å². The predicted octanol–water partition coefficient (Wildman–Crippen LogP) is 5.82. The van der Waals surface area contributed by atoms with E-state index in [0.717, 1.165) is 36.8 Å². The van der Waals surface area contributed by atoms with E-state index in [4.69, 9.17) is 24.2 Å². The van der Waals surface area contributed by atoms with E-state index in [-0.39, 0.29) is 43.7 Å². The molecule has 3 aromatic carbocycles. The highest BCUT2D eigenvalue weighted by molar-refractivity contribution is 7.91. The minimum absolute atomic E-state index is 0.00113. The van der Waals surface area contributed by atoms with Gasteiger partial charge < -0.3 is 29.3 Å². The van der Waals surface area contributed by atoms with Gasteiger partial charge in [0, 0.05) is 36.6 Å². The molecular weight excluding hydrogens is 792 g/mol. The van der Waals surface area contributed by atoms with Gasteiger partial charge in [0.1, 0.15) is 35.0 Å². The third-order valence-electron chi connectivity index (χ3n) is 11.9. The lowest BCUT2D eigenvalue weighted by molar-refractivity contribution is -0.131. The van der Waals surface area contributed by atoms with E-state index in [0.29, 0.717) is 47.4 Å². The van der Waals surface area contributed by atoms with E-state index in [1.54, 1.807) is 43.4 Å². The Balaban J connectivity index is 1.15. The van der Waals surface area contributed by atoms with Crippen molar-refractivity contribution in [2.24, 2.45) is 5.92 Å². The Morgan fingerprint density at radius 1 is 0.983 bits per heavy atom. The molecule has 8 rings (SSSR count). The zero-order valence-electron chi connectivity index (χ0n) is 33.9. The van der Waals surface area contributed by atoms with Gasteiger partial charge in [0.15, 0.2) is 5.82 Å². The fourth-order valence-corrected chi connectivity index (χ4v) is 9.53. The first-order valence-electron chi connectivity index (χ1n) is 20.4. The number of rotatable bonds is 10. The molecule has 14 nitrogen and oxygen atoms in total. The molecule has 0 radical (unpaired) electrons. The summed E-state index contributed by atoms with van der Waals surface area (Å²) in [5.41, 5.74) is 1.20. The molecule has 4 aliphatic rings. The van der Waals surface area contributed by atoms with Crippen molar-refractivity contribution in [1.82, 2.24) is 29.8 Å². The van der Waals surface area contributed by atoms with Crippen LogP contribution in [0.4, 0.5) is 9.18 Å². The predicted molar refractivity (Wildman–Crippen MR) is 221 cm³/mol. The molecule has 2 N–H and O–H groups in total. The lowest BCUT2D eigenvalue weighted by atomic mass is 10.1. The number of nitrogens with zero attached hydrogens (tertiary/aromatic N) is 4. The molecular formula is C44H49FN6O8S. The van der Waals surface area contributed by atoms with Crippen LogP contribution in [0.2, 0.25) is 0 Å². The summed E-state index contributed by atoms with van der Waals surface area (Å²) in [4.78, 5) is 56.2. The molecule has 2 aliphatic heterocycles. The Morgan fingerprint density at radius 2 is 1.75 bits per heavy atom. The number of fused-ring (bicyclic) bond motifs is 3. The maximum absolute atomic E-state index is 14.9. The fourth-order valence-electron chi connectivity index (χ4n) is 8.17. The van der Waals surface area contributed by atoms with Gasteiger partial charge in [-0.25, -0.2) is 22.6 Å². The standard InChI is InChI=1S/C44H49FN6O8S/c1-27-37(58-3)21-20-35-38(27)46-39(29-12-14-31(45)15-13-29)47-41(35)59-33-23-36-40(52)48-44(42(53)49-60(55,56)34-18-19-34)24-30(44)9-7-5-4-6-8-22-50(43(54)51(36)26-33)25-28-10-16-32(57-2)17-11-28/h7,9-17,20-21,30,33-34,36H,4-6,8,18-19,22-26H2,1-3H3,(H,48,52)(H,49,53). The van der Waals surface area contributed by atoms with Crippen molar-refractivity contribution in [2.75, 3.05) is 27.3 Å². The number of ether oxygens (including phenoxy) is 3. The number of hydrogen-bond acceptors (Lipinski definition) is 10. The first-order chi connectivity index (χ1) is 28.9. The van der Waals surface area contributed by atoms with Crippen molar-refractivity contribution in [3.8, 4) is 28.8 Å². The third-order valence-corrected chi connectivity index (χ3v) is 13.7. The van der Waals surface area contributed by atoms with E-state index in [1.165, 1.54) is 17.0 Å². The molecule has 2 aliphatic carbocycles. The molecule has 60 heavy (non-hydrogen) atoms. The van der Waals surface area contributed by atoms with Crippen molar-refractivity contribution in [1.29, 1.82) is 0 Å². The van der Waals surface area contributed by atoms with Gasteiger partial charge in [0.25, 0.3) is 5.91 Å². The summed E-state index contributed by atoms with van der Waals surface area (Å²) in [6, 6.07) is 15.3. The SMILES string of the molecule is COc1ccc(CN2CCCCCC=CC3CC3(C(=O)NS(=O)(=O)C3CC3)NC(=O)C3CC(Oc4nc(-c5ccc(F)cc5)nc5c(C)c(OC)ccc45)CN3C2=O)cc1.